The third-order valence-corrected chi connectivity index (χ3v) is 6.45. The monoisotopic (exact) mass is 444 g/mol. The molecule has 3 heterocycles. The molecule has 0 saturated carbocycles. The Morgan fingerprint density at radius 3 is 2.66 bits per heavy atom. The molecule has 2 aromatic carbocycles. The van der Waals surface area contributed by atoms with Gasteiger partial charge in [-0.3, -0.25) is 9.79 Å². The average Bonchev–Trinajstić information content (AvgIpc) is 3.44. The number of carbonyl (C=O) groups is 1. The molecule has 1 aromatic heterocycles. The van der Waals surface area contributed by atoms with E-state index in [1.54, 1.807) is 0 Å². The van der Waals surface area contributed by atoms with Crippen molar-refractivity contribution in [1.29, 1.82) is 0 Å². The number of hydrogen-bond acceptors (Lipinski definition) is 6. The summed E-state index contributed by atoms with van der Waals surface area (Å²) in [5, 5.41) is 0.785. The lowest BCUT2D eigenvalue weighted by molar-refractivity contribution is -0.139. The number of esters is 1. The first-order valence-electron chi connectivity index (χ1n) is 10.7. The van der Waals surface area contributed by atoms with Gasteiger partial charge in [0.2, 0.25) is 0 Å². The minimum atomic E-state index is -0.234. The zero-order chi connectivity index (χ0) is 22.1. The van der Waals surface area contributed by atoms with Crippen molar-refractivity contribution in [3.8, 4) is 16.8 Å². The third-order valence-electron chi connectivity index (χ3n) is 5.50. The van der Waals surface area contributed by atoms with Crippen LogP contribution in [0.5, 0.6) is 0 Å². The van der Waals surface area contributed by atoms with Crippen LogP contribution in [0.3, 0.4) is 0 Å². The van der Waals surface area contributed by atoms with Gasteiger partial charge in [0.25, 0.3) is 0 Å². The van der Waals surface area contributed by atoms with Crippen LogP contribution in [0, 0.1) is 6.92 Å². The Morgan fingerprint density at radius 2 is 1.91 bits per heavy atom. The maximum absolute atomic E-state index is 12.0. The van der Waals surface area contributed by atoms with Crippen molar-refractivity contribution < 1.29 is 9.53 Å². The molecule has 0 aliphatic carbocycles. The quantitative estimate of drug-likeness (QED) is 0.530. The van der Waals surface area contributed by atoms with E-state index in [0.29, 0.717) is 13.2 Å². The summed E-state index contributed by atoms with van der Waals surface area (Å²) >= 11 is 1.40. The summed E-state index contributed by atoms with van der Waals surface area (Å²) in [5.74, 6) is 1.76. The summed E-state index contributed by atoms with van der Waals surface area (Å²) in [6.45, 7) is 5.74. The first kappa shape index (κ1) is 20.6. The summed E-state index contributed by atoms with van der Waals surface area (Å²) in [6.07, 6.45) is 2.14. The largest absolute Gasteiger partial charge is 0.465 e. The number of fused-ring (bicyclic) bond motifs is 3. The van der Waals surface area contributed by atoms with Gasteiger partial charge in [0.05, 0.1) is 24.5 Å². The molecule has 0 atom stereocenters. The Bertz CT molecular complexity index is 1210. The standard InChI is InChI=1S/C25H24N4O2S/c1-3-31-21(30)16-32-25-27-24-22(23-26-13-14-28(23)25)20(18-7-5-4-6-8-18)15-29(24)19-11-9-17(2)10-12-19/h4-12,15H,3,13-14,16H2,1-2H3. The van der Waals surface area contributed by atoms with Gasteiger partial charge in [-0.05, 0) is 31.5 Å². The average molecular weight is 445 g/mol. The van der Waals surface area contributed by atoms with Crippen LogP contribution in [-0.4, -0.2) is 51.9 Å². The minimum absolute atomic E-state index is 0.225. The number of nitrogens with zero attached hydrogens (tertiary/aromatic N) is 4. The highest BCUT2D eigenvalue weighted by atomic mass is 32.2. The maximum atomic E-state index is 12.0. The van der Waals surface area contributed by atoms with Gasteiger partial charge < -0.3 is 14.2 Å². The Labute approximate surface area is 191 Å². The van der Waals surface area contributed by atoms with Crippen molar-refractivity contribution >= 4 is 34.6 Å². The normalized spacial score (nSPS) is 14.5. The molecule has 5 rings (SSSR count). The topological polar surface area (TPSA) is 59.2 Å². The summed E-state index contributed by atoms with van der Waals surface area (Å²) in [6, 6.07) is 18.8. The van der Waals surface area contributed by atoms with E-state index < -0.39 is 0 Å². The summed E-state index contributed by atoms with van der Waals surface area (Å²) in [4.78, 5) is 24.0. The molecule has 3 aromatic rings. The molecule has 2 aliphatic heterocycles. The summed E-state index contributed by atoms with van der Waals surface area (Å²) < 4.78 is 7.24. The Hall–Kier alpha value is -3.32. The van der Waals surface area contributed by atoms with Gasteiger partial charge in [-0.25, -0.2) is 4.99 Å². The van der Waals surface area contributed by atoms with Crippen molar-refractivity contribution in [2.24, 2.45) is 9.98 Å². The lowest BCUT2D eigenvalue weighted by atomic mass is 10.0. The number of benzene rings is 2. The van der Waals surface area contributed by atoms with Crippen LogP contribution in [0.25, 0.3) is 16.8 Å². The number of aromatic nitrogens is 1. The molecule has 7 heteroatoms. The van der Waals surface area contributed by atoms with Crippen LogP contribution in [0.2, 0.25) is 0 Å². The van der Waals surface area contributed by atoms with Gasteiger partial charge in [0, 0.05) is 24.0 Å². The number of aryl methyl sites for hydroxylation is 1. The van der Waals surface area contributed by atoms with E-state index in [4.69, 9.17) is 14.7 Å². The van der Waals surface area contributed by atoms with E-state index in [-0.39, 0.29) is 11.7 Å². The van der Waals surface area contributed by atoms with Crippen molar-refractivity contribution in [2.45, 2.75) is 13.8 Å². The molecule has 32 heavy (non-hydrogen) atoms. The number of amidine groups is 2. The second-order valence-corrected chi connectivity index (χ2v) is 8.60. The Kier molecular flexibility index (Phi) is 5.57. The van der Waals surface area contributed by atoms with E-state index in [1.165, 1.54) is 17.3 Å². The Morgan fingerprint density at radius 1 is 1.12 bits per heavy atom. The van der Waals surface area contributed by atoms with Crippen LogP contribution < -0.4 is 0 Å². The highest BCUT2D eigenvalue weighted by Crippen LogP contribution is 2.41. The molecule has 0 fully saturated rings. The second-order valence-electron chi connectivity index (χ2n) is 7.66. The number of carbonyl (C=O) groups excluding carboxylic acids is 1. The van der Waals surface area contributed by atoms with Gasteiger partial charge in [-0.1, -0.05) is 59.8 Å². The molecule has 0 radical (unpaired) electrons. The first-order valence-corrected chi connectivity index (χ1v) is 11.7. The fourth-order valence-corrected chi connectivity index (χ4v) is 4.81. The SMILES string of the molecule is CCOC(=O)CSC1=Nc2c(c(-c3ccccc3)cn2-c2ccc(C)cc2)C2=NCCN12. The van der Waals surface area contributed by atoms with Gasteiger partial charge in [0.15, 0.2) is 11.0 Å². The van der Waals surface area contributed by atoms with E-state index in [2.05, 4.69) is 59.0 Å². The zero-order valence-corrected chi connectivity index (χ0v) is 18.9. The predicted molar refractivity (Wildman–Crippen MR) is 130 cm³/mol. The van der Waals surface area contributed by atoms with Crippen molar-refractivity contribution in [3.63, 3.8) is 0 Å². The molecule has 0 amide bonds. The fraction of sp³-hybridized carbons (Fsp3) is 0.240. The number of rotatable bonds is 5. The van der Waals surface area contributed by atoms with Crippen molar-refractivity contribution in [1.82, 2.24) is 9.47 Å². The van der Waals surface area contributed by atoms with Crippen LogP contribution in [0.4, 0.5) is 5.82 Å². The Balaban J connectivity index is 1.66. The zero-order valence-electron chi connectivity index (χ0n) is 18.1. The van der Waals surface area contributed by atoms with Crippen LogP contribution in [0.15, 0.2) is 70.8 Å². The van der Waals surface area contributed by atoms with Crippen LogP contribution in [0.1, 0.15) is 18.1 Å². The van der Waals surface area contributed by atoms with E-state index in [0.717, 1.165) is 45.7 Å². The van der Waals surface area contributed by atoms with Gasteiger partial charge >= 0.3 is 5.97 Å². The maximum Gasteiger partial charge on any atom is 0.316 e. The lowest BCUT2D eigenvalue weighted by Crippen LogP contribution is -2.36. The molecule has 2 aliphatic rings. The fourth-order valence-electron chi connectivity index (χ4n) is 4.00. The summed E-state index contributed by atoms with van der Waals surface area (Å²) in [7, 11) is 0. The highest BCUT2D eigenvalue weighted by Gasteiger charge is 2.35. The van der Waals surface area contributed by atoms with E-state index >= 15 is 0 Å². The molecule has 162 valence electrons. The molecule has 0 N–H and O–H groups in total. The van der Waals surface area contributed by atoms with Crippen molar-refractivity contribution in [2.75, 3.05) is 25.4 Å². The molecule has 0 spiro atoms. The van der Waals surface area contributed by atoms with Crippen LogP contribution >= 0.6 is 11.8 Å². The number of ether oxygens (including phenoxy) is 1. The molecular formula is C25H24N4O2S. The lowest BCUT2D eigenvalue weighted by Gasteiger charge is -2.26. The molecule has 0 bridgehead atoms. The van der Waals surface area contributed by atoms with Crippen LogP contribution in [-0.2, 0) is 9.53 Å². The highest BCUT2D eigenvalue weighted by molar-refractivity contribution is 8.14. The number of hydrogen-bond donors (Lipinski definition) is 0. The third kappa shape index (κ3) is 3.73. The number of thioether (sulfide) groups is 1. The first-order chi connectivity index (χ1) is 15.7. The molecule has 0 unspecified atom stereocenters. The molecule has 6 nitrogen and oxygen atoms in total. The molecular weight excluding hydrogens is 420 g/mol. The van der Waals surface area contributed by atoms with Gasteiger partial charge in [0.1, 0.15) is 5.84 Å². The van der Waals surface area contributed by atoms with Gasteiger partial charge in [-0.15, -0.1) is 0 Å². The summed E-state index contributed by atoms with van der Waals surface area (Å²) in [5.41, 5.74) is 5.51. The van der Waals surface area contributed by atoms with E-state index in [9.17, 15) is 4.79 Å². The van der Waals surface area contributed by atoms with Crippen molar-refractivity contribution in [3.05, 3.63) is 71.9 Å². The van der Waals surface area contributed by atoms with Gasteiger partial charge in [-0.2, -0.15) is 0 Å². The minimum Gasteiger partial charge on any atom is -0.465 e. The smallest absolute Gasteiger partial charge is 0.316 e. The van der Waals surface area contributed by atoms with E-state index in [1.807, 2.05) is 25.1 Å². The second kappa shape index (κ2) is 8.67. The molecule has 0 saturated heterocycles. The predicted octanol–water partition coefficient (Wildman–Crippen LogP) is 4.81. The number of aliphatic imine (C=N–C) groups is 2.